The summed E-state index contributed by atoms with van der Waals surface area (Å²) in [5, 5.41) is 0.930. The number of thiophene rings is 1. The van der Waals surface area contributed by atoms with Crippen LogP contribution >= 0.6 is 22.7 Å². The molecule has 35 heavy (non-hydrogen) atoms. The van der Waals surface area contributed by atoms with Gasteiger partial charge in [0.2, 0.25) is 0 Å². The van der Waals surface area contributed by atoms with E-state index < -0.39 is 0 Å². The summed E-state index contributed by atoms with van der Waals surface area (Å²) in [6.45, 7) is 6.29. The first-order valence-electron chi connectivity index (χ1n) is 11.9. The molecule has 0 bridgehead atoms. The molecule has 1 aliphatic carbocycles. The molecule has 0 fully saturated rings. The van der Waals surface area contributed by atoms with Gasteiger partial charge in [0.05, 0.1) is 27.7 Å². The molecule has 1 aliphatic rings. The van der Waals surface area contributed by atoms with Crippen molar-refractivity contribution in [1.29, 1.82) is 0 Å². The molecule has 0 atom stereocenters. The zero-order chi connectivity index (χ0) is 24.3. The van der Waals surface area contributed by atoms with Gasteiger partial charge in [0.15, 0.2) is 4.96 Å². The number of aromatic nitrogens is 3. The van der Waals surface area contributed by atoms with Crippen LogP contribution in [0.1, 0.15) is 57.5 Å². The van der Waals surface area contributed by atoms with Crippen LogP contribution in [0.2, 0.25) is 0 Å². The third-order valence-corrected chi connectivity index (χ3v) is 8.98. The molecule has 6 rings (SSSR count). The lowest BCUT2D eigenvalue weighted by Gasteiger charge is -2.13. The number of ether oxygens (including phenoxy) is 1. The number of carbonyl (C=O) groups excluding carboxylic acids is 1. The summed E-state index contributed by atoms with van der Waals surface area (Å²) in [5.74, 6) is -0.242. The van der Waals surface area contributed by atoms with Crippen LogP contribution in [-0.2, 0) is 17.6 Å². The first-order valence-corrected chi connectivity index (χ1v) is 13.5. The minimum atomic E-state index is -0.242. The summed E-state index contributed by atoms with van der Waals surface area (Å²) in [6, 6.07) is 9.79. The van der Waals surface area contributed by atoms with Gasteiger partial charge in [-0.05, 0) is 81.9 Å². The third-order valence-electron chi connectivity index (χ3n) is 6.74. The number of fused-ring (bicyclic) bond motifs is 4. The average Bonchev–Trinajstić information content (AvgIpc) is 3.55. The summed E-state index contributed by atoms with van der Waals surface area (Å²) in [4.78, 5) is 32.9. The van der Waals surface area contributed by atoms with Crippen LogP contribution in [0.4, 0.5) is 0 Å². The SMILES string of the molecule is CCOC(=O)c1c(-n2c(C)cc(/C=c3\sc4nc5ccccc5n4c3=O)c2C)sc2c1CCCC2. The largest absolute Gasteiger partial charge is 0.462 e. The number of rotatable bonds is 4. The minimum absolute atomic E-state index is 0.0534. The minimum Gasteiger partial charge on any atom is -0.462 e. The molecule has 4 aromatic heterocycles. The van der Waals surface area contributed by atoms with Gasteiger partial charge < -0.3 is 9.30 Å². The quantitative estimate of drug-likeness (QED) is 0.325. The molecule has 0 saturated carbocycles. The topological polar surface area (TPSA) is 65.6 Å². The van der Waals surface area contributed by atoms with E-state index in [9.17, 15) is 9.59 Å². The van der Waals surface area contributed by atoms with Gasteiger partial charge in [0.25, 0.3) is 5.56 Å². The van der Waals surface area contributed by atoms with Crippen molar-refractivity contribution in [3.8, 4) is 5.00 Å². The molecule has 0 saturated heterocycles. The normalized spacial score (nSPS) is 14.2. The van der Waals surface area contributed by atoms with Crippen molar-refractivity contribution in [1.82, 2.24) is 14.0 Å². The van der Waals surface area contributed by atoms with E-state index in [2.05, 4.69) is 15.6 Å². The van der Waals surface area contributed by atoms with E-state index in [1.807, 2.05) is 51.1 Å². The van der Waals surface area contributed by atoms with E-state index in [0.29, 0.717) is 21.7 Å². The van der Waals surface area contributed by atoms with Gasteiger partial charge in [-0.25, -0.2) is 14.2 Å². The van der Waals surface area contributed by atoms with Crippen molar-refractivity contribution in [2.24, 2.45) is 0 Å². The number of aryl methyl sites for hydroxylation is 2. The van der Waals surface area contributed by atoms with Crippen molar-refractivity contribution in [3.63, 3.8) is 0 Å². The Labute approximate surface area is 210 Å². The number of hydrogen-bond acceptors (Lipinski definition) is 6. The van der Waals surface area contributed by atoms with Crippen LogP contribution in [0.15, 0.2) is 35.1 Å². The number of benzene rings is 1. The fourth-order valence-corrected chi connectivity index (χ4v) is 7.59. The second kappa shape index (κ2) is 8.46. The number of imidazole rings is 1. The molecule has 0 amide bonds. The fraction of sp³-hybridized carbons (Fsp3) is 0.296. The molecule has 0 spiro atoms. The van der Waals surface area contributed by atoms with E-state index in [4.69, 9.17) is 4.74 Å². The molecule has 1 aromatic carbocycles. The molecule has 6 nitrogen and oxygen atoms in total. The molecule has 0 unspecified atom stereocenters. The number of nitrogens with zero attached hydrogens (tertiary/aromatic N) is 3. The lowest BCUT2D eigenvalue weighted by molar-refractivity contribution is 0.0525. The van der Waals surface area contributed by atoms with Gasteiger partial charge in [-0.2, -0.15) is 0 Å². The Morgan fingerprint density at radius 2 is 1.97 bits per heavy atom. The summed E-state index contributed by atoms with van der Waals surface area (Å²) in [6.07, 6.45) is 6.12. The van der Waals surface area contributed by atoms with Crippen molar-refractivity contribution in [3.05, 3.63) is 78.2 Å². The number of hydrogen-bond donors (Lipinski definition) is 0. The Morgan fingerprint density at radius 3 is 2.80 bits per heavy atom. The number of carbonyl (C=O) groups is 1. The molecule has 178 valence electrons. The summed E-state index contributed by atoms with van der Waals surface area (Å²) < 4.78 is 9.96. The highest BCUT2D eigenvalue weighted by Gasteiger charge is 2.28. The van der Waals surface area contributed by atoms with Crippen molar-refractivity contribution in [2.75, 3.05) is 6.61 Å². The highest BCUT2D eigenvalue weighted by atomic mass is 32.1. The maximum atomic E-state index is 13.3. The Morgan fingerprint density at radius 1 is 1.17 bits per heavy atom. The Balaban J connectivity index is 1.52. The van der Waals surface area contributed by atoms with E-state index in [-0.39, 0.29) is 11.5 Å². The van der Waals surface area contributed by atoms with Crippen molar-refractivity contribution < 1.29 is 9.53 Å². The predicted molar refractivity (Wildman–Crippen MR) is 141 cm³/mol. The second-order valence-electron chi connectivity index (χ2n) is 8.91. The Hall–Kier alpha value is -3.23. The maximum absolute atomic E-state index is 13.3. The van der Waals surface area contributed by atoms with E-state index in [1.165, 1.54) is 16.2 Å². The van der Waals surface area contributed by atoms with E-state index in [0.717, 1.165) is 64.2 Å². The summed E-state index contributed by atoms with van der Waals surface area (Å²) in [5.41, 5.74) is 6.47. The second-order valence-corrected chi connectivity index (χ2v) is 11.0. The zero-order valence-corrected chi connectivity index (χ0v) is 21.5. The standard InChI is InChI=1S/C27H25N3O3S2/c1-4-33-26(32)23-18-9-5-8-12-21(18)34-25(23)29-15(2)13-17(16(29)3)14-22-24(31)30-20-11-7-6-10-19(20)28-27(30)35-22/h6-7,10-11,13-14H,4-5,8-9,12H2,1-3H3/b22-14-. The highest BCUT2D eigenvalue weighted by molar-refractivity contribution is 7.15. The number of para-hydroxylation sites is 2. The van der Waals surface area contributed by atoms with Crippen LogP contribution in [0.3, 0.4) is 0 Å². The fourth-order valence-electron chi connectivity index (χ4n) is 5.12. The molecule has 0 N–H and O–H groups in total. The third kappa shape index (κ3) is 3.46. The number of thiazole rings is 1. The lowest BCUT2D eigenvalue weighted by Crippen LogP contribution is -2.22. The van der Waals surface area contributed by atoms with Crippen molar-refractivity contribution in [2.45, 2.75) is 46.5 Å². The van der Waals surface area contributed by atoms with E-state index in [1.54, 1.807) is 15.7 Å². The molecule has 0 radical (unpaired) electrons. The number of esters is 1. The maximum Gasteiger partial charge on any atom is 0.341 e. The summed E-state index contributed by atoms with van der Waals surface area (Å²) >= 11 is 3.11. The first-order chi connectivity index (χ1) is 17.0. The van der Waals surface area contributed by atoms with Crippen LogP contribution in [-0.4, -0.2) is 26.5 Å². The van der Waals surface area contributed by atoms with Crippen molar-refractivity contribution >= 4 is 50.7 Å². The Kier molecular flexibility index (Phi) is 5.38. The highest BCUT2D eigenvalue weighted by Crippen LogP contribution is 2.39. The Bertz CT molecular complexity index is 1730. The lowest BCUT2D eigenvalue weighted by atomic mass is 9.95. The summed E-state index contributed by atoms with van der Waals surface area (Å²) in [7, 11) is 0. The molecule has 4 heterocycles. The van der Waals surface area contributed by atoms with Gasteiger partial charge in [-0.1, -0.05) is 23.5 Å². The smallest absolute Gasteiger partial charge is 0.341 e. The van der Waals surface area contributed by atoms with Gasteiger partial charge in [-0.3, -0.25) is 4.79 Å². The molecular weight excluding hydrogens is 478 g/mol. The molecule has 8 heteroatoms. The molecule has 0 aliphatic heterocycles. The van der Waals surface area contributed by atoms with Gasteiger partial charge in [0, 0.05) is 16.3 Å². The zero-order valence-electron chi connectivity index (χ0n) is 19.9. The first kappa shape index (κ1) is 22.2. The predicted octanol–water partition coefficient (Wildman–Crippen LogP) is 4.98. The molecular formula is C27H25N3O3S2. The van der Waals surface area contributed by atoms with Gasteiger partial charge in [-0.15, -0.1) is 11.3 Å². The van der Waals surface area contributed by atoms with E-state index >= 15 is 0 Å². The van der Waals surface area contributed by atoms with Crippen LogP contribution < -0.4 is 10.1 Å². The van der Waals surface area contributed by atoms with Gasteiger partial charge >= 0.3 is 5.97 Å². The van der Waals surface area contributed by atoms with Crippen LogP contribution in [0, 0.1) is 13.8 Å². The van der Waals surface area contributed by atoms with Crippen LogP contribution in [0.5, 0.6) is 0 Å². The van der Waals surface area contributed by atoms with Gasteiger partial charge in [0.1, 0.15) is 5.00 Å². The van der Waals surface area contributed by atoms with Crippen LogP contribution in [0.25, 0.3) is 27.1 Å². The monoisotopic (exact) mass is 503 g/mol. The average molecular weight is 504 g/mol. The molecule has 5 aromatic rings.